The van der Waals surface area contributed by atoms with Crippen molar-refractivity contribution in [3.63, 3.8) is 0 Å². The number of aromatic nitrogens is 3. The van der Waals surface area contributed by atoms with Gasteiger partial charge in [-0.15, -0.1) is 0 Å². The van der Waals surface area contributed by atoms with Gasteiger partial charge < -0.3 is 11.1 Å². The highest BCUT2D eigenvalue weighted by Gasteiger charge is 2.12. The first-order valence-electron chi connectivity index (χ1n) is 7.12. The Kier molecular flexibility index (Phi) is 4.57. The fourth-order valence-corrected chi connectivity index (χ4v) is 2.08. The molecule has 1 amide bonds. The molecule has 1 aromatic carbocycles. The third-order valence-electron chi connectivity index (χ3n) is 3.37. The van der Waals surface area contributed by atoms with Crippen molar-refractivity contribution in [2.24, 2.45) is 0 Å². The minimum absolute atomic E-state index is 0.133. The Labute approximate surface area is 124 Å². The van der Waals surface area contributed by atoms with E-state index in [2.05, 4.69) is 15.4 Å². The molecular formula is C15H21N5O. The van der Waals surface area contributed by atoms with Crippen molar-refractivity contribution in [1.82, 2.24) is 14.8 Å². The van der Waals surface area contributed by atoms with Crippen LogP contribution in [0.3, 0.4) is 0 Å². The summed E-state index contributed by atoms with van der Waals surface area (Å²) in [5.74, 6) is 1.46. The van der Waals surface area contributed by atoms with Crippen LogP contribution in [0.5, 0.6) is 0 Å². The zero-order chi connectivity index (χ0) is 15.4. The van der Waals surface area contributed by atoms with Gasteiger partial charge in [-0.3, -0.25) is 4.79 Å². The summed E-state index contributed by atoms with van der Waals surface area (Å²) < 4.78 is 1.66. The van der Waals surface area contributed by atoms with E-state index in [0.717, 1.165) is 35.7 Å². The average Bonchev–Trinajstić information content (AvgIpc) is 2.86. The van der Waals surface area contributed by atoms with Gasteiger partial charge in [0.15, 0.2) is 5.82 Å². The molecule has 21 heavy (non-hydrogen) atoms. The summed E-state index contributed by atoms with van der Waals surface area (Å²) in [7, 11) is 0. The minimum atomic E-state index is -0.133. The maximum atomic E-state index is 12.2. The van der Waals surface area contributed by atoms with Crippen molar-refractivity contribution in [3.05, 3.63) is 35.4 Å². The van der Waals surface area contributed by atoms with Crippen LogP contribution in [0.15, 0.2) is 18.2 Å². The van der Waals surface area contributed by atoms with Gasteiger partial charge in [0.1, 0.15) is 12.4 Å². The van der Waals surface area contributed by atoms with Crippen LogP contribution in [0.1, 0.15) is 31.1 Å². The Morgan fingerprint density at radius 1 is 1.33 bits per heavy atom. The molecule has 2 aromatic rings. The van der Waals surface area contributed by atoms with E-state index >= 15 is 0 Å². The summed E-state index contributed by atoms with van der Waals surface area (Å²) in [6, 6.07) is 5.47. The van der Waals surface area contributed by atoms with E-state index in [1.54, 1.807) is 4.68 Å². The highest BCUT2D eigenvalue weighted by atomic mass is 16.2. The lowest BCUT2D eigenvalue weighted by molar-refractivity contribution is -0.117. The zero-order valence-corrected chi connectivity index (χ0v) is 12.7. The third-order valence-corrected chi connectivity index (χ3v) is 3.37. The van der Waals surface area contributed by atoms with Crippen LogP contribution < -0.4 is 11.1 Å². The number of nitrogens with zero attached hydrogens (tertiary/aromatic N) is 3. The van der Waals surface area contributed by atoms with Crippen molar-refractivity contribution in [3.8, 4) is 0 Å². The second-order valence-corrected chi connectivity index (χ2v) is 4.88. The van der Waals surface area contributed by atoms with Gasteiger partial charge in [-0.1, -0.05) is 19.9 Å². The SMILES string of the molecule is CCc1nc(CC)n(CC(=O)Nc2cccc(N)c2C)n1. The molecule has 6 heteroatoms. The number of nitrogens with one attached hydrogen (secondary N) is 1. The smallest absolute Gasteiger partial charge is 0.246 e. The van der Waals surface area contributed by atoms with E-state index in [1.807, 2.05) is 39.0 Å². The molecular weight excluding hydrogens is 266 g/mol. The zero-order valence-electron chi connectivity index (χ0n) is 12.7. The fraction of sp³-hybridized carbons (Fsp3) is 0.400. The van der Waals surface area contributed by atoms with Crippen LogP contribution in [0.4, 0.5) is 11.4 Å². The minimum Gasteiger partial charge on any atom is -0.398 e. The molecule has 0 saturated heterocycles. The Balaban J connectivity index is 2.11. The number of carbonyl (C=O) groups is 1. The molecule has 0 aliphatic carbocycles. The molecule has 0 radical (unpaired) electrons. The van der Waals surface area contributed by atoms with Crippen LogP contribution in [-0.2, 0) is 24.2 Å². The number of hydrogen-bond acceptors (Lipinski definition) is 4. The first-order valence-corrected chi connectivity index (χ1v) is 7.12. The number of carbonyl (C=O) groups excluding carboxylic acids is 1. The summed E-state index contributed by atoms with van der Waals surface area (Å²) >= 11 is 0. The highest BCUT2D eigenvalue weighted by molar-refractivity contribution is 5.92. The van der Waals surface area contributed by atoms with Gasteiger partial charge in [0.05, 0.1) is 0 Å². The molecule has 112 valence electrons. The number of anilines is 2. The Hall–Kier alpha value is -2.37. The van der Waals surface area contributed by atoms with Crippen molar-refractivity contribution in [1.29, 1.82) is 0 Å². The van der Waals surface area contributed by atoms with E-state index in [9.17, 15) is 4.79 Å². The van der Waals surface area contributed by atoms with Crippen molar-refractivity contribution < 1.29 is 4.79 Å². The van der Waals surface area contributed by atoms with Gasteiger partial charge >= 0.3 is 0 Å². The van der Waals surface area contributed by atoms with Crippen LogP contribution in [0.25, 0.3) is 0 Å². The molecule has 3 N–H and O–H groups in total. The predicted molar refractivity (Wildman–Crippen MR) is 83.0 cm³/mol. The quantitative estimate of drug-likeness (QED) is 0.823. The van der Waals surface area contributed by atoms with Crippen LogP contribution in [0.2, 0.25) is 0 Å². The maximum absolute atomic E-state index is 12.2. The number of aryl methyl sites for hydroxylation is 2. The molecule has 0 saturated carbocycles. The number of benzene rings is 1. The standard InChI is InChI=1S/C15H21N5O/c1-4-13-18-14(5-2)20(19-13)9-15(21)17-12-8-6-7-11(16)10(12)3/h6-8H,4-5,9,16H2,1-3H3,(H,17,21). The lowest BCUT2D eigenvalue weighted by Gasteiger charge is -2.10. The van der Waals surface area contributed by atoms with E-state index < -0.39 is 0 Å². The monoisotopic (exact) mass is 287 g/mol. The van der Waals surface area contributed by atoms with E-state index in [1.165, 1.54) is 0 Å². The molecule has 6 nitrogen and oxygen atoms in total. The van der Waals surface area contributed by atoms with Gasteiger partial charge in [-0.2, -0.15) is 5.10 Å². The van der Waals surface area contributed by atoms with Crippen LogP contribution in [-0.4, -0.2) is 20.7 Å². The number of nitrogen functional groups attached to an aromatic ring is 1. The lowest BCUT2D eigenvalue weighted by atomic mass is 10.1. The molecule has 0 atom stereocenters. The fourth-order valence-electron chi connectivity index (χ4n) is 2.08. The Bertz CT molecular complexity index is 648. The second kappa shape index (κ2) is 6.39. The van der Waals surface area contributed by atoms with Gasteiger partial charge in [0.2, 0.25) is 5.91 Å². The molecule has 2 rings (SSSR count). The van der Waals surface area contributed by atoms with Crippen LogP contribution >= 0.6 is 0 Å². The van der Waals surface area contributed by atoms with Crippen molar-refractivity contribution in [2.75, 3.05) is 11.1 Å². The molecule has 0 fully saturated rings. The molecule has 0 aliphatic heterocycles. The number of nitrogens with two attached hydrogens (primary N) is 1. The summed E-state index contributed by atoms with van der Waals surface area (Å²) in [6.45, 7) is 6.03. The molecule has 1 heterocycles. The summed E-state index contributed by atoms with van der Waals surface area (Å²) in [4.78, 5) is 16.6. The second-order valence-electron chi connectivity index (χ2n) is 4.88. The normalized spacial score (nSPS) is 10.6. The largest absolute Gasteiger partial charge is 0.398 e. The number of amides is 1. The summed E-state index contributed by atoms with van der Waals surface area (Å²) in [5, 5.41) is 7.21. The number of hydrogen-bond donors (Lipinski definition) is 2. The van der Waals surface area contributed by atoms with E-state index in [0.29, 0.717) is 5.69 Å². The van der Waals surface area contributed by atoms with Gasteiger partial charge in [-0.25, -0.2) is 9.67 Å². The third kappa shape index (κ3) is 3.39. The molecule has 0 aliphatic rings. The van der Waals surface area contributed by atoms with Gasteiger partial charge in [0, 0.05) is 24.2 Å². The molecule has 0 bridgehead atoms. The predicted octanol–water partition coefficient (Wildman–Crippen LogP) is 1.93. The van der Waals surface area contributed by atoms with Crippen molar-refractivity contribution >= 4 is 17.3 Å². The first kappa shape index (κ1) is 15.0. The maximum Gasteiger partial charge on any atom is 0.246 e. The summed E-state index contributed by atoms with van der Waals surface area (Å²) in [5.41, 5.74) is 8.10. The van der Waals surface area contributed by atoms with Gasteiger partial charge in [0.25, 0.3) is 0 Å². The van der Waals surface area contributed by atoms with Gasteiger partial charge in [-0.05, 0) is 24.6 Å². The topological polar surface area (TPSA) is 85.8 Å². The van der Waals surface area contributed by atoms with E-state index in [-0.39, 0.29) is 12.5 Å². The lowest BCUT2D eigenvalue weighted by Crippen LogP contribution is -2.21. The van der Waals surface area contributed by atoms with E-state index in [4.69, 9.17) is 5.73 Å². The summed E-state index contributed by atoms with van der Waals surface area (Å²) in [6.07, 6.45) is 1.51. The molecule has 1 aromatic heterocycles. The Morgan fingerprint density at radius 2 is 2.10 bits per heavy atom. The highest BCUT2D eigenvalue weighted by Crippen LogP contribution is 2.20. The Morgan fingerprint density at radius 3 is 2.76 bits per heavy atom. The average molecular weight is 287 g/mol. The molecule has 0 spiro atoms. The first-order chi connectivity index (χ1) is 10.0. The van der Waals surface area contributed by atoms with Crippen molar-refractivity contribution in [2.45, 2.75) is 40.2 Å². The number of rotatable bonds is 5. The molecule has 0 unspecified atom stereocenters. The van der Waals surface area contributed by atoms with Crippen LogP contribution in [0, 0.1) is 6.92 Å².